The fourth-order valence-corrected chi connectivity index (χ4v) is 1.47. The number of ether oxygens (including phenoxy) is 1. The second-order valence-corrected chi connectivity index (χ2v) is 4.10. The largest absolute Gasteiger partial charge is 0.383 e. The van der Waals surface area contributed by atoms with Gasteiger partial charge in [0.1, 0.15) is 5.82 Å². The topological polar surface area (TPSA) is 21.3 Å². The number of hydrogen-bond donors (Lipinski definition) is 1. The highest BCUT2D eigenvalue weighted by Gasteiger charge is 1.99. The summed E-state index contributed by atoms with van der Waals surface area (Å²) in [6.07, 6.45) is 0.827. The van der Waals surface area contributed by atoms with Gasteiger partial charge in [-0.2, -0.15) is 0 Å². The van der Waals surface area contributed by atoms with Crippen molar-refractivity contribution in [2.75, 3.05) is 26.8 Å². The van der Waals surface area contributed by atoms with Crippen molar-refractivity contribution in [2.45, 2.75) is 6.42 Å². The summed E-state index contributed by atoms with van der Waals surface area (Å²) in [5, 5.41) is 3.21. The maximum atomic E-state index is 13.1. The quantitative estimate of drug-likeness (QED) is 0.805. The highest BCUT2D eigenvalue weighted by atomic mass is 79.9. The summed E-state index contributed by atoms with van der Waals surface area (Å²) in [4.78, 5) is 0. The second-order valence-electron chi connectivity index (χ2n) is 3.24. The average molecular weight is 276 g/mol. The monoisotopic (exact) mass is 275 g/mol. The van der Waals surface area contributed by atoms with Gasteiger partial charge in [0.25, 0.3) is 0 Å². The Morgan fingerprint density at radius 2 is 2.20 bits per heavy atom. The predicted octanol–water partition coefficient (Wildman–Crippen LogP) is 2.37. The molecule has 2 nitrogen and oxygen atoms in total. The van der Waals surface area contributed by atoms with Crippen LogP contribution in [0, 0.1) is 5.82 Å². The Kier molecular flexibility index (Phi) is 5.83. The molecule has 0 aliphatic heterocycles. The standard InChI is InChI=1S/C11H15BrFNO/c1-15-7-6-14-5-4-9-2-3-10(12)11(13)8-9/h2-3,8,14H,4-7H2,1H3. The Morgan fingerprint density at radius 3 is 2.87 bits per heavy atom. The molecule has 84 valence electrons. The van der Waals surface area contributed by atoms with E-state index < -0.39 is 0 Å². The van der Waals surface area contributed by atoms with Crippen molar-refractivity contribution in [2.24, 2.45) is 0 Å². The van der Waals surface area contributed by atoms with Crippen LogP contribution in [-0.2, 0) is 11.2 Å². The molecule has 0 atom stereocenters. The first-order valence-electron chi connectivity index (χ1n) is 4.87. The Bertz CT molecular complexity index is 307. The van der Waals surface area contributed by atoms with E-state index in [1.165, 1.54) is 0 Å². The molecule has 0 aromatic heterocycles. The van der Waals surface area contributed by atoms with Crippen molar-refractivity contribution in [3.05, 3.63) is 34.1 Å². The highest BCUT2D eigenvalue weighted by Crippen LogP contribution is 2.16. The molecule has 0 amide bonds. The molecule has 0 saturated heterocycles. The van der Waals surface area contributed by atoms with Gasteiger partial charge in [0.2, 0.25) is 0 Å². The van der Waals surface area contributed by atoms with E-state index in [-0.39, 0.29) is 5.82 Å². The summed E-state index contributed by atoms with van der Waals surface area (Å²) in [5.74, 6) is -0.204. The zero-order valence-corrected chi connectivity index (χ0v) is 10.3. The van der Waals surface area contributed by atoms with Crippen LogP contribution in [0.2, 0.25) is 0 Å². The van der Waals surface area contributed by atoms with E-state index in [1.807, 2.05) is 6.07 Å². The van der Waals surface area contributed by atoms with Gasteiger partial charge in [-0.3, -0.25) is 0 Å². The number of rotatable bonds is 6. The Balaban J connectivity index is 2.28. The Morgan fingerprint density at radius 1 is 1.40 bits per heavy atom. The number of hydrogen-bond acceptors (Lipinski definition) is 2. The van der Waals surface area contributed by atoms with Crippen LogP contribution in [0.3, 0.4) is 0 Å². The molecule has 0 heterocycles. The normalized spacial score (nSPS) is 10.6. The van der Waals surface area contributed by atoms with Crippen LogP contribution in [-0.4, -0.2) is 26.8 Å². The lowest BCUT2D eigenvalue weighted by atomic mass is 10.1. The third kappa shape index (κ3) is 4.73. The molecule has 1 aromatic rings. The Hall–Kier alpha value is -0.450. The van der Waals surface area contributed by atoms with Crippen LogP contribution in [0.1, 0.15) is 5.56 Å². The first kappa shape index (κ1) is 12.6. The molecule has 1 aromatic carbocycles. The van der Waals surface area contributed by atoms with Crippen LogP contribution in [0.25, 0.3) is 0 Å². The molecule has 0 aliphatic carbocycles. The molecule has 0 bridgehead atoms. The van der Waals surface area contributed by atoms with Crippen molar-refractivity contribution < 1.29 is 9.13 Å². The third-order valence-corrected chi connectivity index (χ3v) is 2.70. The van der Waals surface area contributed by atoms with E-state index in [4.69, 9.17) is 4.74 Å². The molecule has 4 heteroatoms. The SMILES string of the molecule is COCCNCCc1ccc(Br)c(F)c1. The van der Waals surface area contributed by atoms with Gasteiger partial charge in [0.15, 0.2) is 0 Å². The summed E-state index contributed by atoms with van der Waals surface area (Å²) < 4.78 is 18.5. The van der Waals surface area contributed by atoms with E-state index in [2.05, 4.69) is 21.2 Å². The molecule has 15 heavy (non-hydrogen) atoms. The van der Waals surface area contributed by atoms with Crippen LogP contribution in [0.15, 0.2) is 22.7 Å². The van der Waals surface area contributed by atoms with E-state index in [9.17, 15) is 4.39 Å². The van der Waals surface area contributed by atoms with E-state index in [0.717, 1.165) is 25.1 Å². The average Bonchev–Trinajstić information content (AvgIpc) is 2.23. The maximum Gasteiger partial charge on any atom is 0.137 e. The molecule has 0 unspecified atom stereocenters. The lowest BCUT2D eigenvalue weighted by Gasteiger charge is -2.04. The van der Waals surface area contributed by atoms with E-state index >= 15 is 0 Å². The van der Waals surface area contributed by atoms with Crippen molar-refractivity contribution in [3.8, 4) is 0 Å². The number of benzene rings is 1. The van der Waals surface area contributed by atoms with Gasteiger partial charge < -0.3 is 10.1 Å². The molecule has 0 spiro atoms. The van der Waals surface area contributed by atoms with Gasteiger partial charge in [-0.05, 0) is 46.6 Å². The summed E-state index contributed by atoms with van der Waals surface area (Å²) in [6, 6.07) is 5.22. The Labute approximate surface area is 98.0 Å². The van der Waals surface area contributed by atoms with Crippen molar-refractivity contribution in [1.29, 1.82) is 0 Å². The minimum Gasteiger partial charge on any atom is -0.383 e. The predicted molar refractivity (Wildman–Crippen MR) is 62.5 cm³/mol. The fourth-order valence-electron chi connectivity index (χ4n) is 1.23. The third-order valence-electron chi connectivity index (χ3n) is 2.06. The number of halogens is 2. The van der Waals surface area contributed by atoms with Gasteiger partial charge >= 0.3 is 0 Å². The van der Waals surface area contributed by atoms with Crippen molar-refractivity contribution in [3.63, 3.8) is 0 Å². The molecule has 0 radical (unpaired) electrons. The minimum atomic E-state index is -0.204. The van der Waals surface area contributed by atoms with Crippen LogP contribution in [0.5, 0.6) is 0 Å². The number of methoxy groups -OCH3 is 1. The number of nitrogens with one attached hydrogen (secondary N) is 1. The van der Waals surface area contributed by atoms with Gasteiger partial charge in [-0.25, -0.2) is 4.39 Å². The molecule has 1 rings (SSSR count). The van der Waals surface area contributed by atoms with Crippen LogP contribution < -0.4 is 5.32 Å². The summed E-state index contributed by atoms with van der Waals surface area (Å²) in [5.41, 5.74) is 1.00. The molecular weight excluding hydrogens is 261 g/mol. The zero-order valence-electron chi connectivity index (χ0n) is 8.72. The molecule has 0 saturated carbocycles. The molecule has 0 aliphatic rings. The zero-order chi connectivity index (χ0) is 11.1. The molecule has 1 N–H and O–H groups in total. The van der Waals surface area contributed by atoms with E-state index in [0.29, 0.717) is 11.1 Å². The van der Waals surface area contributed by atoms with E-state index in [1.54, 1.807) is 19.2 Å². The summed E-state index contributed by atoms with van der Waals surface area (Å²) in [7, 11) is 1.67. The summed E-state index contributed by atoms with van der Waals surface area (Å²) in [6.45, 7) is 2.37. The first-order chi connectivity index (χ1) is 7.24. The highest BCUT2D eigenvalue weighted by molar-refractivity contribution is 9.10. The summed E-state index contributed by atoms with van der Waals surface area (Å²) >= 11 is 3.12. The fraction of sp³-hybridized carbons (Fsp3) is 0.455. The smallest absolute Gasteiger partial charge is 0.137 e. The van der Waals surface area contributed by atoms with Crippen LogP contribution in [0.4, 0.5) is 4.39 Å². The van der Waals surface area contributed by atoms with Gasteiger partial charge in [-0.15, -0.1) is 0 Å². The van der Waals surface area contributed by atoms with Crippen molar-refractivity contribution in [1.82, 2.24) is 5.32 Å². The minimum absolute atomic E-state index is 0.204. The lowest BCUT2D eigenvalue weighted by molar-refractivity contribution is 0.199. The second kappa shape index (κ2) is 6.93. The molecular formula is C11H15BrFNO. The van der Waals surface area contributed by atoms with Gasteiger partial charge in [0.05, 0.1) is 11.1 Å². The lowest BCUT2D eigenvalue weighted by Crippen LogP contribution is -2.21. The maximum absolute atomic E-state index is 13.1. The van der Waals surface area contributed by atoms with Crippen LogP contribution >= 0.6 is 15.9 Å². The van der Waals surface area contributed by atoms with Gasteiger partial charge in [0, 0.05) is 13.7 Å². The van der Waals surface area contributed by atoms with Crippen molar-refractivity contribution >= 4 is 15.9 Å². The van der Waals surface area contributed by atoms with Gasteiger partial charge in [-0.1, -0.05) is 6.07 Å². The molecule has 0 fully saturated rings. The first-order valence-corrected chi connectivity index (χ1v) is 5.67.